The molecule has 0 aliphatic heterocycles. The molecule has 0 aromatic heterocycles. The lowest BCUT2D eigenvalue weighted by molar-refractivity contribution is 0.0422. The SMILES string of the molecule is CC/C=C\CCC(C)(O)CCC. The smallest absolute Gasteiger partial charge is 0.0622 e. The first-order chi connectivity index (χ1) is 5.62. The van der Waals surface area contributed by atoms with E-state index in [0.29, 0.717) is 0 Å². The van der Waals surface area contributed by atoms with Crippen LogP contribution in [0.25, 0.3) is 0 Å². The molecule has 1 atom stereocenters. The van der Waals surface area contributed by atoms with E-state index < -0.39 is 5.60 Å². The van der Waals surface area contributed by atoms with Crippen LogP contribution in [0.5, 0.6) is 0 Å². The Balaban J connectivity index is 3.53. The first-order valence-electron chi connectivity index (χ1n) is 4.99. The first-order valence-corrected chi connectivity index (χ1v) is 4.99. The standard InChI is InChI=1S/C11H22O/c1-4-6-7-8-10-11(3,12)9-5-2/h6-7,12H,4-5,8-10H2,1-3H3/b7-6-. The molecule has 0 aliphatic carbocycles. The van der Waals surface area contributed by atoms with Gasteiger partial charge in [0, 0.05) is 0 Å². The van der Waals surface area contributed by atoms with Crippen LogP contribution in [0.15, 0.2) is 12.2 Å². The summed E-state index contributed by atoms with van der Waals surface area (Å²) in [5.41, 5.74) is -0.452. The summed E-state index contributed by atoms with van der Waals surface area (Å²) in [6, 6.07) is 0. The van der Waals surface area contributed by atoms with Crippen LogP contribution in [0.4, 0.5) is 0 Å². The molecule has 1 unspecified atom stereocenters. The van der Waals surface area contributed by atoms with Crippen LogP contribution in [-0.2, 0) is 0 Å². The van der Waals surface area contributed by atoms with Gasteiger partial charge in [-0.2, -0.15) is 0 Å². The molecule has 0 fully saturated rings. The van der Waals surface area contributed by atoms with Gasteiger partial charge in [0.2, 0.25) is 0 Å². The predicted molar refractivity (Wildman–Crippen MR) is 54.2 cm³/mol. The van der Waals surface area contributed by atoms with E-state index in [2.05, 4.69) is 26.0 Å². The van der Waals surface area contributed by atoms with Crippen molar-refractivity contribution in [1.29, 1.82) is 0 Å². The maximum absolute atomic E-state index is 9.78. The third-order valence-electron chi connectivity index (χ3n) is 2.04. The second-order valence-corrected chi connectivity index (χ2v) is 3.67. The van der Waals surface area contributed by atoms with E-state index in [-0.39, 0.29) is 0 Å². The number of hydrogen-bond donors (Lipinski definition) is 1. The van der Waals surface area contributed by atoms with Crippen molar-refractivity contribution in [3.8, 4) is 0 Å². The van der Waals surface area contributed by atoms with Crippen molar-refractivity contribution in [3.05, 3.63) is 12.2 Å². The Kier molecular flexibility index (Phi) is 6.09. The Morgan fingerprint density at radius 3 is 2.33 bits per heavy atom. The highest BCUT2D eigenvalue weighted by Gasteiger charge is 2.16. The molecule has 0 heterocycles. The zero-order valence-corrected chi connectivity index (χ0v) is 8.64. The van der Waals surface area contributed by atoms with Crippen molar-refractivity contribution in [2.24, 2.45) is 0 Å². The van der Waals surface area contributed by atoms with E-state index >= 15 is 0 Å². The van der Waals surface area contributed by atoms with Gasteiger partial charge >= 0.3 is 0 Å². The van der Waals surface area contributed by atoms with E-state index in [1.165, 1.54) is 0 Å². The third kappa shape index (κ3) is 6.41. The van der Waals surface area contributed by atoms with Crippen molar-refractivity contribution < 1.29 is 5.11 Å². The van der Waals surface area contributed by atoms with Gasteiger partial charge in [-0.15, -0.1) is 0 Å². The first kappa shape index (κ1) is 11.7. The van der Waals surface area contributed by atoms with Crippen molar-refractivity contribution >= 4 is 0 Å². The molecular weight excluding hydrogens is 148 g/mol. The third-order valence-corrected chi connectivity index (χ3v) is 2.04. The highest BCUT2D eigenvalue weighted by molar-refractivity contribution is 4.83. The summed E-state index contributed by atoms with van der Waals surface area (Å²) in [5, 5.41) is 9.78. The Morgan fingerprint density at radius 2 is 1.83 bits per heavy atom. The van der Waals surface area contributed by atoms with Crippen LogP contribution in [-0.4, -0.2) is 10.7 Å². The van der Waals surface area contributed by atoms with E-state index in [1.54, 1.807) is 0 Å². The summed E-state index contributed by atoms with van der Waals surface area (Å²) in [5.74, 6) is 0. The average molecular weight is 170 g/mol. The Morgan fingerprint density at radius 1 is 1.17 bits per heavy atom. The maximum Gasteiger partial charge on any atom is 0.0622 e. The van der Waals surface area contributed by atoms with Gasteiger partial charge in [-0.25, -0.2) is 0 Å². The second kappa shape index (κ2) is 6.24. The molecule has 0 rings (SSSR count). The number of allylic oxidation sites excluding steroid dienone is 2. The number of rotatable bonds is 6. The predicted octanol–water partition coefficient (Wildman–Crippen LogP) is 3.28. The summed E-state index contributed by atoms with van der Waals surface area (Å²) >= 11 is 0. The molecule has 0 saturated heterocycles. The van der Waals surface area contributed by atoms with Crippen LogP contribution in [0, 0.1) is 0 Å². The summed E-state index contributed by atoms with van der Waals surface area (Å²) in [6.45, 7) is 6.16. The van der Waals surface area contributed by atoms with Gasteiger partial charge in [-0.3, -0.25) is 0 Å². The van der Waals surface area contributed by atoms with Crippen molar-refractivity contribution in [1.82, 2.24) is 0 Å². The van der Waals surface area contributed by atoms with E-state index in [0.717, 1.165) is 32.1 Å². The Labute approximate surface area is 76.5 Å². The fraction of sp³-hybridized carbons (Fsp3) is 0.818. The Hall–Kier alpha value is -0.300. The van der Waals surface area contributed by atoms with Crippen molar-refractivity contribution in [2.75, 3.05) is 0 Å². The summed E-state index contributed by atoms with van der Waals surface area (Å²) in [6.07, 6.45) is 9.26. The normalized spacial score (nSPS) is 16.7. The van der Waals surface area contributed by atoms with Gasteiger partial charge in [0.1, 0.15) is 0 Å². The fourth-order valence-corrected chi connectivity index (χ4v) is 1.34. The topological polar surface area (TPSA) is 20.2 Å². The lowest BCUT2D eigenvalue weighted by Gasteiger charge is -2.21. The van der Waals surface area contributed by atoms with Gasteiger partial charge < -0.3 is 5.11 Å². The Bertz CT molecular complexity index is 125. The molecule has 1 N–H and O–H groups in total. The molecule has 12 heavy (non-hydrogen) atoms. The van der Waals surface area contributed by atoms with Crippen LogP contribution in [0.2, 0.25) is 0 Å². The summed E-state index contributed by atoms with van der Waals surface area (Å²) in [4.78, 5) is 0. The van der Waals surface area contributed by atoms with E-state index in [4.69, 9.17) is 0 Å². The lowest BCUT2D eigenvalue weighted by atomic mass is 9.95. The minimum atomic E-state index is -0.452. The van der Waals surface area contributed by atoms with Gasteiger partial charge in [0.25, 0.3) is 0 Å². The molecular formula is C11H22O. The summed E-state index contributed by atoms with van der Waals surface area (Å²) in [7, 11) is 0. The lowest BCUT2D eigenvalue weighted by Crippen LogP contribution is -2.22. The molecule has 0 aromatic carbocycles. The molecule has 1 nitrogen and oxygen atoms in total. The van der Waals surface area contributed by atoms with Gasteiger partial charge in [0.05, 0.1) is 5.60 Å². The van der Waals surface area contributed by atoms with Crippen LogP contribution in [0.3, 0.4) is 0 Å². The molecule has 0 saturated carbocycles. The monoisotopic (exact) mass is 170 g/mol. The van der Waals surface area contributed by atoms with Crippen LogP contribution in [0.1, 0.15) is 52.9 Å². The van der Waals surface area contributed by atoms with E-state index in [9.17, 15) is 5.11 Å². The molecule has 72 valence electrons. The van der Waals surface area contributed by atoms with E-state index in [1.807, 2.05) is 6.92 Å². The maximum atomic E-state index is 9.78. The molecule has 0 amide bonds. The number of hydrogen-bond acceptors (Lipinski definition) is 1. The molecule has 0 aromatic rings. The zero-order chi connectivity index (χ0) is 9.45. The van der Waals surface area contributed by atoms with Crippen molar-refractivity contribution in [3.63, 3.8) is 0 Å². The van der Waals surface area contributed by atoms with Gasteiger partial charge in [-0.1, -0.05) is 32.4 Å². The van der Waals surface area contributed by atoms with Gasteiger partial charge in [-0.05, 0) is 32.6 Å². The molecule has 0 spiro atoms. The fourth-order valence-electron chi connectivity index (χ4n) is 1.34. The summed E-state index contributed by atoms with van der Waals surface area (Å²) < 4.78 is 0. The largest absolute Gasteiger partial charge is 0.390 e. The molecule has 0 radical (unpaired) electrons. The minimum absolute atomic E-state index is 0.452. The molecule has 0 aliphatic rings. The number of aliphatic hydroxyl groups is 1. The second-order valence-electron chi connectivity index (χ2n) is 3.67. The zero-order valence-electron chi connectivity index (χ0n) is 8.64. The average Bonchev–Trinajstić information content (AvgIpc) is 1.98. The highest BCUT2D eigenvalue weighted by atomic mass is 16.3. The van der Waals surface area contributed by atoms with Gasteiger partial charge in [0.15, 0.2) is 0 Å². The molecule has 0 bridgehead atoms. The van der Waals surface area contributed by atoms with Crippen molar-refractivity contribution in [2.45, 2.75) is 58.5 Å². The quantitative estimate of drug-likeness (QED) is 0.606. The molecule has 1 heteroatoms. The van der Waals surface area contributed by atoms with Crippen LogP contribution < -0.4 is 0 Å². The van der Waals surface area contributed by atoms with Crippen LogP contribution >= 0.6 is 0 Å². The highest BCUT2D eigenvalue weighted by Crippen LogP contribution is 2.18. The minimum Gasteiger partial charge on any atom is -0.390 e.